The molecule has 1 heteroatoms. The maximum Gasteiger partial charge on any atom is 0.0448 e. The van der Waals surface area contributed by atoms with Crippen molar-refractivity contribution in [1.82, 2.24) is 0 Å². The summed E-state index contributed by atoms with van der Waals surface area (Å²) in [6.45, 7) is 8.13. The van der Waals surface area contributed by atoms with Crippen LogP contribution in [0.5, 0.6) is 0 Å². The monoisotopic (exact) mass is 241 g/mol. The van der Waals surface area contributed by atoms with Crippen molar-refractivity contribution in [3.8, 4) is 11.8 Å². The third kappa shape index (κ3) is 3.96. The van der Waals surface area contributed by atoms with Gasteiger partial charge in [0.15, 0.2) is 0 Å². The van der Waals surface area contributed by atoms with E-state index in [2.05, 4.69) is 55.4 Å². The van der Waals surface area contributed by atoms with E-state index >= 15 is 0 Å². The lowest BCUT2D eigenvalue weighted by atomic mass is 10.0. The Balaban J connectivity index is 3.07. The highest BCUT2D eigenvalue weighted by atomic mass is 15.1. The van der Waals surface area contributed by atoms with Gasteiger partial charge >= 0.3 is 0 Å². The Kier molecular flexibility index (Phi) is 6.08. The van der Waals surface area contributed by atoms with Gasteiger partial charge in [0, 0.05) is 24.7 Å². The van der Waals surface area contributed by atoms with Crippen LogP contribution < -0.4 is 4.90 Å². The zero-order valence-corrected chi connectivity index (χ0v) is 11.8. The van der Waals surface area contributed by atoms with Crippen LogP contribution in [0.1, 0.15) is 44.2 Å². The molecule has 0 unspecified atom stereocenters. The summed E-state index contributed by atoms with van der Waals surface area (Å²) in [6.07, 6.45) is 6.30. The largest absolute Gasteiger partial charge is 0.351 e. The van der Waals surface area contributed by atoms with Crippen molar-refractivity contribution in [1.29, 1.82) is 0 Å². The van der Waals surface area contributed by atoms with Gasteiger partial charge in [0.05, 0.1) is 0 Å². The van der Waals surface area contributed by atoms with Crippen LogP contribution in [0, 0.1) is 11.8 Å². The first-order valence-electron chi connectivity index (χ1n) is 6.70. The lowest BCUT2D eigenvalue weighted by Gasteiger charge is -2.18. The second-order valence-electron chi connectivity index (χ2n) is 4.40. The first kappa shape index (κ1) is 14.4. The van der Waals surface area contributed by atoms with E-state index in [0.717, 1.165) is 18.4 Å². The molecule has 0 spiro atoms. The SMILES string of the molecule is C=CN(C)c1cc(C#CCC)ccc1CCCC. The normalized spacial score (nSPS) is 9.50. The van der Waals surface area contributed by atoms with Crippen LogP contribution in [0.4, 0.5) is 5.69 Å². The van der Waals surface area contributed by atoms with E-state index in [1.54, 1.807) is 0 Å². The first-order chi connectivity index (χ1) is 8.72. The quantitative estimate of drug-likeness (QED) is 0.692. The molecular formula is C17H23N. The number of benzene rings is 1. The summed E-state index contributed by atoms with van der Waals surface area (Å²) >= 11 is 0. The molecule has 1 aromatic carbocycles. The molecule has 0 aliphatic carbocycles. The van der Waals surface area contributed by atoms with Crippen molar-refractivity contribution in [3.63, 3.8) is 0 Å². The highest BCUT2D eigenvalue weighted by Gasteiger charge is 2.05. The molecule has 1 aromatic rings. The molecule has 0 aliphatic heterocycles. The van der Waals surface area contributed by atoms with Crippen molar-refractivity contribution in [2.75, 3.05) is 11.9 Å². The molecule has 0 aromatic heterocycles. The van der Waals surface area contributed by atoms with Gasteiger partial charge in [-0.3, -0.25) is 0 Å². The number of unbranched alkanes of at least 4 members (excludes halogenated alkanes) is 1. The van der Waals surface area contributed by atoms with Crippen LogP contribution in [0.2, 0.25) is 0 Å². The predicted molar refractivity (Wildman–Crippen MR) is 80.8 cm³/mol. The topological polar surface area (TPSA) is 3.24 Å². The fourth-order valence-electron chi connectivity index (χ4n) is 1.84. The summed E-state index contributed by atoms with van der Waals surface area (Å²) in [5, 5.41) is 0. The van der Waals surface area contributed by atoms with Gasteiger partial charge in [-0.2, -0.15) is 0 Å². The number of hydrogen-bond acceptors (Lipinski definition) is 1. The van der Waals surface area contributed by atoms with Crippen molar-refractivity contribution >= 4 is 5.69 Å². The summed E-state index contributed by atoms with van der Waals surface area (Å²) in [5.41, 5.74) is 3.68. The molecule has 0 amide bonds. The third-order valence-electron chi connectivity index (χ3n) is 2.95. The van der Waals surface area contributed by atoms with Gasteiger partial charge in [-0.05, 0) is 36.7 Å². The summed E-state index contributed by atoms with van der Waals surface area (Å²) in [7, 11) is 2.04. The van der Waals surface area contributed by atoms with Gasteiger partial charge in [0.1, 0.15) is 0 Å². The van der Waals surface area contributed by atoms with Gasteiger partial charge in [0.25, 0.3) is 0 Å². The second kappa shape index (κ2) is 7.61. The molecule has 96 valence electrons. The van der Waals surface area contributed by atoms with Crippen LogP contribution in [0.3, 0.4) is 0 Å². The number of anilines is 1. The Labute approximate surface area is 112 Å². The van der Waals surface area contributed by atoms with E-state index in [1.807, 2.05) is 13.2 Å². The smallest absolute Gasteiger partial charge is 0.0448 e. The fourth-order valence-corrected chi connectivity index (χ4v) is 1.84. The van der Waals surface area contributed by atoms with Crippen molar-refractivity contribution in [2.24, 2.45) is 0 Å². The Morgan fingerprint density at radius 1 is 1.33 bits per heavy atom. The van der Waals surface area contributed by atoms with Gasteiger partial charge < -0.3 is 4.90 Å². The molecule has 0 saturated heterocycles. The molecule has 18 heavy (non-hydrogen) atoms. The van der Waals surface area contributed by atoms with E-state index in [9.17, 15) is 0 Å². The standard InChI is InChI=1S/C17H23N/c1-5-8-10-15-12-13-16(11-9-6-2)17(14-15)18(4)7-3/h7,12-14H,3,5-6,9,11H2,1-2,4H3. The van der Waals surface area contributed by atoms with Crippen molar-refractivity contribution in [2.45, 2.75) is 39.5 Å². The number of hydrogen-bond donors (Lipinski definition) is 0. The summed E-state index contributed by atoms with van der Waals surface area (Å²) in [4.78, 5) is 2.07. The zero-order valence-electron chi connectivity index (χ0n) is 11.8. The molecular weight excluding hydrogens is 218 g/mol. The molecule has 1 rings (SSSR count). The van der Waals surface area contributed by atoms with E-state index in [1.165, 1.54) is 24.1 Å². The fraction of sp³-hybridized carbons (Fsp3) is 0.412. The highest BCUT2D eigenvalue weighted by molar-refractivity contribution is 5.59. The number of nitrogens with zero attached hydrogens (tertiary/aromatic N) is 1. The maximum atomic E-state index is 3.84. The molecule has 0 heterocycles. The minimum atomic E-state index is 0.893. The van der Waals surface area contributed by atoms with Crippen LogP contribution in [0.15, 0.2) is 31.0 Å². The van der Waals surface area contributed by atoms with E-state index in [4.69, 9.17) is 0 Å². The Morgan fingerprint density at radius 3 is 2.72 bits per heavy atom. The molecule has 1 nitrogen and oxygen atoms in total. The summed E-state index contributed by atoms with van der Waals surface area (Å²) < 4.78 is 0. The van der Waals surface area contributed by atoms with Crippen LogP contribution in [0.25, 0.3) is 0 Å². The number of aryl methyl sites for hydroxylation is 1. The average molecular weight is 241 g/mol. The van der Waals surface area contributed by atoms with Crippen LogP contribution in [-0.2, 0) is 6.42 Å². The molecule has 0 aliphatic rings. The Morgan fingerprint density at radius 2 is 2.11 bits per heavy atom. The van der Waals surface area contributed by atoms with Gasteiger partial charge in [0.2, 0.25) is 0 Å². The van der Waals surface area contributed by atoms with E-state index in [-0.39, 0.29) is 0 Å². The van der Waals surface area contributed by atoms with Crippen molar-refractivity contribution < 1.29 is 0 Å². The van der Waals surface area contributed by atoms with Crippen LogP contribution in [-0.4, -0.2) is 7.05 Å². The maximum absolute atomic E-state index is 3.84. The lowest BCUT2D eigenvalue weighted by molar-refractivity contribution is 0.794. The first-order valence-corrected chi connectivity index (χ1v) is 6.70. The molecule has 0 bridgehead atoms. The predicted octanol–water partition coefficient (Wildman–Crippen LogP) is 4.37. The van der Waals surface area contributed by atoms with Gasteiger partial charge in [-0.25, -0.2) is 0 Å². The second-order valence-corrected chi connectivity index (χ2v) is 4.40. The number of rotatable bonds is 5. The van der Waals surface area contributed by atoms with E-state index < -0.39 is 0 Å². The minimum absolute atomic E-state index is 0.893. The molecule has 0 N–H and O–H groups in total. The molecule has 0 saturated carbocycles. The van der Waals surface area contributed by atoms with Gasteiger partial charge in [-0.1, -0.05) is 44.8 Å². The molecule has 0 fully saturated rings. The zero-order chi connectivity index (χ0) is 13.4. The van der Waals surface area contributed by atoms with Crippen molar-refractivity contribution in [3.05, 3.63) is 42.1 Å². The third-order valence-corrected chi connectivity index (χ3v) is 2.95. The Bertz CT molecular complexity index is 448. The van der Waals surface area contributed by atoms with Gasteiger partial charge in [-0.15, -0.1) is 0 Å². The molecule has 0 radical (unpaired) electrons. The summed E-state index contributed by atoms with van der Waals surface area (Å²) in [6, 6.07) is 6.48. The minimum Gasteiger partial charge on any atom is -0.351 e. The van der Waals surface area contributed by atoms with Crippen LogP contribution >= 0.6 is 0 Å². The Hall–Kier alpha value is -1.68. The summed E-state index contributed by atoms with van der Waals surface area (Å²) in [5.74, 6) is 6.30. The highest BCUT2D eigenvalue weighted by Crippen LogP contribution is 2.23. The lowest BCUT2D eigenvalue weighted by Crippen LogP contribution is -2.10. The van der Waals surface area contributed by atoms with E-state index in [0.29, 0.717) is 0 Å². The average Bonchev–Trinajstić information content (AvgIpc) is 2.42. The molecule has 0 atom stereocenters.